The summed E-state index contributed by atoms with van der Waals surface area (Å²) in [5.41, 5.74) is 7.17. The van der Waals surface area contributed by atoms with Crippen LogP contribution < -0.4 is 11.1 Å². The van der Waals surface area contributed by atoms with Crippen LogP contribution in [0, 0.1) is 0 Å². The fourth-order valence-electron chi connectivity index (χ4n) is 1.41. The summed E-state index contributed by atoms with van der Waals surface area (Å²) in [7, 11) is 3.05. The first kappa shape index (κ1) is 13.5. The molecule has 1 rings (SSSR count). The van der Waals surface area contributed by atoms with E-state index in [-0.39, 0.29) is 5.91 Å². The molecule has 0 aliphatic carbocycles. The largest absolute Gasteiger partial charge is 0.399 e. The summed E-state index contributed by atoms with van der Waals surface area (Å²) in [6.45, 7) is 0.328. The van der Waals surface area contributed by atoms with Crippen LogP contribution in [0.25, 0.3) is 0 Å². The molecule has 3 N–H and O–H groups in total. The summed E-state index contributed by atoms with van der Waals surface area (Å²) in [6, 6.07) is 7.25. The van der Waals surface area contributed by atoms with Crippen molar-refractivity contribution in [2.75, 3.05) is 26.5 Å². The zero-order valence-electron chi connectivity index (χ0n) is 10.1. The molecular formula is C12H18N2O3. The molecule has 94 valence electrons. The van der Waals surface area contributed by atoms with Gasteiger partial charge < -0.3 is 20.5 Å². The zero-order valence-corrected chi connectivity index (χ0v) is 10.1. The van der Waals surface area contributed by atoms with Gasteiger partial charge in [-0.2, -0.15) is 0 Å². The predicted molar refractivity (Wildman–Crippen MR) is 65.4 cm³/mol. The normalized spacial score (nSPS) is 10.5. The maximum absolute atomic E-state index is 11.6. The summed E-state index contributed by atoms with van der Waals surface area (Å²) in [6.07, 6.45) is -0.120. The number of anilines is 1. The Morgan fingerprint density at radius 2 is 2.12 bits per heavy atom. The molecule has 0 bridgehead atoms. The zero-order chi connectivity index (χ0) is 12.7. The number of methoxy groups -OCH3 is 2. The highest BCUT2D eigenvalue weighted by molar-refractivity contribution is 5.78. The lowest BCUT2D eigenvalue weighted by Gasteiger charge is -2.14. The molecule has 0 saturated carbocycles. The summed E-state index contributed by atoms with van der Waals surface area (Å²) >= 11 is 0. The van der Waals surface area contributed by atoms with E-state index in [9.17, 15) is 4.79 Å². The molecule has 0 heterocycles. The molecule has 0 aliphatic rings. The molecule has 1 aromatic rings. The first-order chi connectivity index (χ1) is 8.15. The third-order valence-corrected chi connectivity index (χ3v) is 2.31. The maximum atomic E-state index is 11.6. The number of benzene rings is 1. The predicted octanol–water partition coefficient (Wildman–Crippen LogP) is 0.546. The number of hydrogen-bond acceptors (Lipinski definition) is 4. The van der Waals surface area contributed by atoms with Crippen molar-refractivity contribution in [1.82, 2.24) is 5.32 Å². The summed E-state index contributed by atoms with van der Waals surface area (Å²) < 4.78 is 9.92. The molecule has 1 aromatic carbocycles. The lowest BCUT2D eigenvalue weighted by atomic mass is 10.1. The second-order valence-corrected chi connectivity index (χ2v) is 3.63. The minimum atomic E-state index is -0.417. The van der Waals surface area contributed by atoms with Crippen LogP contribution in [0.4, 0.5) is 5.69 Å². The molecule has 0 aliphatic heterocycles. The molecule has 0 saturated heterocycles. The van der Waals surface area contributed by atoms with Crippen molar-refractivity contribution >= 4 is 11.6 Å². The minimum absolute atomic E-state index is 0.0882. The van der Waals surface area contributed by atoms with E-state index in [1.165, 1.54) is 14.2 Å². The molecule has 5 nitrogen and oxygen atoms in total. The lowest BCUT2D eigenvalue weighted by Crippen LogP contribution is -2.34. The Morgan fingerprint density at radius 1 is 1.41 bits per heavy atom. The van der Waals surface area contributed by atoms with Gasteiger partial charge in [0.25, 0.3) is 0 Å². The minimum Gasteiger partial charge on any atom is -0.399 e. The highest BCUT2D eigenvalue weighted by Gasteiger charge is 2.08. The van der Waals surface area contributed by atoms with Gasteiger partial charge >= 0.3 is 0 Å². The van der Waals surface area contributed by atoms with Gasteiger partial charge in [-0.15, -0.1) is 0 Å². The van der Waals surface area contributed by atoms with Crippen LogP contribution in [0.3, 0.4) is 0 Å². The van der Waals surface area contributed by atoms with E-state index < -0.39 is 6.29 Å². The molecule has 17 heavy (non-hydrogen) atoms. The highest BCUT2D eigenvalue weighted by Crippen LogP contribution is 2.06. The van der Waals surface area contributed by atoms with Crippen LogP contribution >= 0.6 is 0 Å². The Balaban J connectivity index is 2.39. The van der Waals surface area contributed by atoms with Gasteiger partial charge in [0, 0.05) is 19.9 Å². The summed E-state index contributed by atoms with van der Waals surface area (Å²) in [5.74, 6) is -0.0882. The number of ether oxygens (including phenoxy) is 2. The molecule has 0 fully saturated rings. The second kappa shape index (κ2) is 6.88. The van der Waals surface area contributed by atoms with Crippen LogP contribution in [0.1, 0.15) is 5.56 Å². The standard InChI is InChI=1S/C12H18N2O3/c1-16-12(17-2)8-14-11(15)7-9-4-3-5-10(13)6-9/h3-6,12H,7-8,13H2,1-2H3,(H,14,15). The SMILES string of the molecule is COC(CNC(=O)Cc1cccc(N)c1)OC. The van der Waals surface area contributed by atoms with Crippen LogP contribution in [0.15, 0.2) is 24.3 Å². The third kappa shape index (κ3) is 4.84. The van der Waals surface area contributed by atoms with Crippen molar-refractivity contribution in [2.24, 2.45) is 0 Å². The highest BCUT2D eigenvalue weighted by atomic mass is 16.7. The molecule has 0 atom stereocenters. The van der Waals surface area contributed by atoms with Crippen LogP contribution in [-0.2, 0) is 20.7 Å². The molecule has 0 unspecified atom stereocenters. The summed E-state index contributed by atoms with van der Waals surface area (Å²) in [4.78, 5) is 11.6. The van der Waals surface area contributed by atoms with Crippen molar-refractivity contribution in [3.63, 3.8) is 0 Å². The van der Waals surface area contributed by atoms with Crippen molar-refractivity contribution in [1.29, 1.82) is 0 Å². The quantitative estimate of drug-likeness (QED) is 0.560. The van der Waals surface area contributed by atoms with Crippen molar-refractivity contribution in [3.05, 3.63) is 29.8 Å². The second-order valence-electron chi connectivity index (χ2n) is 3.63. The fraction of sp³-hybridized carbons (Fsp3) is 0.417. The average molecular weight is 238 g/mol. The molecule has 0 spiro atoms. The number of hydrogen-bond donors (Lipinski definition) is 2. The average Bonchev–Trinajstić information content (AvgIpc) is 2.30. The number of nitrogen functional groups attached to an aromatic ring is 1. The molecule has 0 aromatic heterocycles. The number of carbonyl (C=O) groups is 1. The van der Waals surface area contributed by atoms with Gasteiger partial charge in [-0.05, 0) is 17.7 Å². The van der Waals surface area contributed by atoms with Gasteiger partial charge in [-0.25, -0.2) is 0 Å². The van der Waals surface area contributed by atoms with E-state index in [4.69, 9.17) is 15.2 Å². The van der Waals surface area contributed by atoms with Gasteiger partial charge in [0.15, 0.2) is 6.29 Å². The molecule has 1 amide bonds. The van der Waals surface area contributed by atoms with E-state index in [1.807, 2.05) is 12.1 Å². The van der Waals surface area contributed by atoms with Gasteiger partial charge in [-0.3, -0.25) is 4.79 Å². The first-order valence-corrected chi connectivity index (χ1v) is 5.32. The van der Waals surface area contributed by atoms with Crippen LogP contribution in [0.2, 0.25) is 0 Å². The van der Waals surface area contributed by atoms with Crippen LogP contribution in [-0.4, -0.2) is 33.0 Å². The number of nitrogens with one attached hydrogen (secondary N) is 1. The molecule has 5 heteroatoms. The van der Waals surface area contributed by atoms with E-state index >= 15 is 0 Å². The fourth-order valence-corrected chi connectivity index (χ4v) is 1.41. The molecular weight excluding hydrogens is 220 g/mol. The van der Waals surface area contributed by atoms with Crippen molar-refractivity contribution in [3.8, 4) is 0 Å². The van der Waals surface area contributed by atoms with Gasteiger partial charge in [0.05, 0.1) is 13.0 Å². The Bertz CT molecular complexity index is 365. The van der Waals surface area contributed by atoms with Gasteiger partial charge in [0.1, 0.15) is 0 Å². The van der Waals surface area contributed by atoms with Gasteiger partial charge in [-0.1, -0.05) is 12.1 Å². The van der Waals surface area contributed by atoms with Crippen molar-refractivity contribution < 1.29 is 14.3 Å². The Morgan fingerprint density at radius 3 is 2.71 bits per heavy atom. The summed E-state index contributed by atoms with van der Waals surface area (Å²) in [5, 5.41) is 2.72. The van der Waals surface area contributed by atoms with E-state index in [0.29, 0.717) is 18.7 Å². The Labute approximate surface area is 101 Å². The topological polar surface area (TPSA) is 73.6 Å². The number of amides is 1. The Hall–Kier alpha value is -1.59. The molecule has 0 radical (unpaired) electrons. The maximum Gasteiger partial charge on any atom is 0.224 e. The lowest BCUT2D eigenvalue weighted by molar-refractivity contribution is -0.126. The number of nitrogens with two attached hydrogens (primary N) is 1. The van der Waals surface area contributed by atoms with E-state index in [0.717, 1.165) is 5.56 Å². The van der Waals surface area contributed by atoms with Gasteiger partial charge in [0.2, 0.25) is 5.91 Å². The van der Waals surface area contributed by atoms with Crippen molar-refractivity contribution in [2.45, 2.75) is 12.7 Å². The monoisotopic (exact) mass is 238 g/mol. The van der Waals surface area contributed by atoms with Crippen LogP contribution in [0.5, 0.6) is 0 Å². The number of carbonyl (C=O) groups excluding carboxylic acids is 1. The first-order valence-electron chi connectivity index (χ1n) is 5.32. The van der Waals surface area contributed by atoms with E-state index in [1.54, 1.807) is 12.1 Å². The van der Waals surface area contributed by atoms with E-state index in [2.05, 4.69) is 5.32 Å². The third-order valence-electron chi connectivity index (χ3n) is 2.31. The Kier molecular flexibility index (Phi) is 5.45. The number of rotatable bonds is 6. The smallest absolute Gasteiger partial charge is 0.224 e.